The Morgan fingerprint density at radius 3 is 2.33 bits per heavy atom. The van der Waals surface area contributed by atoms with Gasteiger partial charge >= 0.3 is 0 Å². The number of halogens is 1. The number of benzene rings is 2. The SMILES string of the molecule is CC[C@@H](C(=O)NCC(C)C)N(Cc1ccc(F)cc1)C(=O)CCCN(c1ccc2c(c1)OCCO2)S(C)(=O)=O. The van der Waals surface area contributed by atoms with Gasteiger partial charge in [-0.15, -0.1) is 0 Å². The van der Waals surface area contributed by atoms with Crippen molar-refractivity contribution < 1.29 is 31.9 Å². The zero-order chi connectivity index (χ0) is 28.6. The van der Waals surface area contributed by atoms with Crippen LogP contribution in [0.3, 0.4) is 0 Å². The van der Waals surface area contributed by atoms with Gasteiger partial charge in [0, 0.05) is 32.1 Å². The first-order chi connectivity index (χ1) is 18.5. The van der Waals surface area contributed by atoms with Crippen molar-refractivity contribution in [3.63, 3.8) is 0 Å². The molecule has 0 bridgehead atoms. The normalized spacial score (nSPS) is 13.6. The van der Waals surface area contributed by atoms with E-state index in [2.05, 4.69) is 5.32 Å². The van der Waals surface area contributed by atoms with Gasteiger partial charge in [-0.25, -0.2) is 12.8 Å². The number of rotatable bonds is 13. The van der Waals surface area contributed by atoms with Crippen LogP contribution in [0.4, 0.5) is 10.1 Å². The molecule has 39 heavy (non-hydrogen) atoms. The number of nitrogens with one attached hydrogen (secondary N) is 1. The molecule has 1 heterocycles. The van der Waals surface area contributed by atoms with Crippen LogP contribution in [0.15, 0.2) is 42.5 Å². The number of fused-ring (bicyclic) bond motifs is 1. The number of hydrogen-bond donors (Lipinski definition) is 1. The molecule has 2 aromatic carbocycles. The molecule has 1 atom stereocenters. The van der Waals surface area contributed by atoms with E-state index < -0.39 is 21.9 Å². The summed E-state index contributed by atoms with van der Waals surface area (Å²) >= 11 is 0. The predicted molar refractivity (Wildman–Crippen MR) is 148 cm³/mol. The molecule has 0 aliphatic carbocycles. The molecule has 9 nitrogen and oxygen atoms in total. The minimum Gasteiger partial charge on any atom is -0.486 e. The second-order valence-corrected chi connectivity index (χ2v) is 11.9. The maximum atomic E-state index is 13.5. The van der Waals surface area contributed by atoms with E-state index in [0.717, 1.165) is 6.26 Å². The molecular weight excluding hydrogens is 525 g/mol. The third-order valence-electron chi connectivity index (χ3n) is 6.30. The summed E-state index contributed by atoms with van der Waals surface area (Å²) in [5.74, 6) is 0.323. The Morgan fingerprint density at radius 1 is 1.05 bits per heavy atom. The first-order valence-corrected chi connectivity index (χ1v) is 15.0. The number of carbonyl (C=O) groups is 2. The van der Waals surface area contributed by atoms with E-state index in [4.69, 9.17) is 9.47 Å². The highest BCUT2D eigenvalue weighted by Gasteiger charge is 2.29. The van der Waals surface area contributed by atoms with E-state index in [1.165, 1.54) is 21.3 Å². The van der Waals surface area contributed by atoms with Gasteiger partial charge in [0.2, 0.25) is 21.8 Å². The fourth-order valence-electron chi connectivity index (χ4n) is 4.32. The minimum absolute atomic E-state index is 0.0196. The van der Waals surface area contributed by atoms with Crippen LogP contribution in [0.1, 0.15) is 45.6 Å². The van der Waals surface area contributed by atoms with Crippen molar-refractivity contribution in [3.8, 4) is 11.5 Å². The van der Waals surface area contributed by atoms with Crippen molar-refractivity contribution >= 4 is 27.5 Å². The van der Waals surface area contributed by atoms with Gasteiger partial charge in [0.1, 0.15) is 25.1 Å². The third-order valence-corrected chi connectivity index (χ3v) is 7.50. The monoisotopic (exact) mass is 563 g/mol. The molecule has 0 saturated carbocycles. The smallest absolute Gasteiger partial charge is 0.242 e. The summed E-state index contributed by atoms with van der Waals surface area (Å²) in [5, 5.41) is 2.90. The maximum Gasteiger partial charge on any atom is 0.242 e. The van der Waals surface area contributed by atoms with Crippen LogP contribution in [0.2, 0.25) is 0 Å². The summed E-state index contributed by atoms with van der Waals surface area (Å²) in [6, 6.07) is 10.0. The highest BCUT2D eigenvalue weighted by atomic mass is 32.2. The number of sulfonamides is 1. The van der Waals surface area contributed by atoms with E-state index in [9.17, 15) is 22.4 Å². The molecule has 0 aromatic heterocycles. The van der Waals surface area contributed by atoms with Crippen LogP contribution in [-0.2, 0) is 26.2 Å². The summed E-state index contributed by atoms with van der Waals surface area (Å²) < 4.78 is 51.1. The molecule has 2 aromatic rings. The molecule has 214 valence electrons. The largest absolute Gasteiger partial charge is 0.486 e. The number of ether oxygens (including phenoxy) is 2. The van der Waals surface area contributed by atoms with E-state index in [1.807, 2.05) is 20.8 Å². The molecule has 3 rings (SSSR count). The van der Waals surface area contributed by atoms with Gasteiger partial charge < -0.3 is 19.7 Å². The van der Waals surface area contributed by atoms with Crippen LogP contribution in [-0.4, -0.2) is 63.7 Å². The van der Waals surface area contributed by atoms with Gasteiger partial charge in [0.25, 0.3) is 0 Å². The third kappa shape index (κ3) is 8.58. The standard InChI is InChI=1S/C28H38FN3O6S/c1-5-24(28(34)30-18-20(2)3)31(19-21-8-10-22(29)11-9-21)27(33)7-6-14-32(39(4,35)36)23-12-13-25-26(17-23)38-16-15-37-25/h8-13,17,20,24H,5-7,14-16,18-19H2,1-4H3,(H,30,34)/t24-/m0/s1. The Bertz CT molecular complexity index is 1240. The molecule has 1 N–H and O–H groups in total. The van der Waals surface area contributed by atoms with Crippen molar-refractivity contribution in [1.29, 1.82) is 0 Å². The Hall–Kier alpha value is -3.34. The summed E-state index contributed by atoms with van der Waals surface area (Å²) in [4.78, 5) is 28.0. The average Bonchev–Trinajstić information content (AvgIpc) is 2.89. The highest BCUT2D eigenvalue weighted by Crippen LogP contribution is 2.34. The van der Waals surface area contributed by atoms with E-state index >= 15 is 0 Å². The van der Waals surface area contributed by atoms with Crippen molar-refractivity contribution in [2.45, 2.75) is 52.6 Å². The lowest BCUT2D eigenvalue weighted by Crippen LogP contribution is -2.49. The molecule has 1 aliphatic heterocycles. The van der Waals surface area contributed by atoms with Crippen molar-refractivity contribution in [3.05, 3.63) is 53.8 Å². The van der Waals surface area contributed by atoms with Crippen LogP contribution >= 0.6 is 0 Å². The Morgan fingerprint density at radius 2 is 1.72 bits per heavy atom. The summed E-state index contributed by atoms with van der Waals surface area (Å²) in [6.45, 7) is 7.26. The second-order valence-electron chi connectivity index (χ2n) is 9.98. The topological polar surface area (TPSA) is 105 Å². The van der Waals surface area contributed by atoms with Gasteiger partial charge in [-0.1, -0.05) is 32.9 Å². The van der Waals surface area contributed by atoms with Crippen molar-refractivity contribution in [1.82, 2.24) is 10.2 Å². The summed E-state index contributed by atoms with van der Waals surface area (Å²) in [7, 11) is -3.65. The zero-order valence-electron chi connectivity index (χ0n) is 23.0. The molecule has 0 radical (unpaired) electrons. The molecule has 0 saturated heterocycles. The van der Waals surface area contributed by atoms with Gasteiger partial charge in [-0.2, -0.15) is 0 Å². The highest BCUT2D eigenvalue weighted by molar-refractivity contribution is 7.92. The van der Waals surface area contributed by atoms with Gasteiger partial charge in [0.05, 0.1) is 11.9 Å². The lowest BCUT2D eigenvalue weighted by Gasteiger charge is -2.31. The Labute approximate surface area is 230 Å². The Balaban J connectivity index is 1.75. The number of anilines is 1. The fraction of sp³-hybridized carbons (Fsp3) is 0.500. The lowest BCUT2D eigenvalue weighted by molar-refractivity contribution is -0.141. The number of amides is 2. The predicted octanol–water partition coefficient (Wildman–Crippen LogP) is 3.72. The summed E-state index contributed by atoms with van der Waals surface area (Å²) in [6.07, 6.45) is 1.75. The maximum absolute atomic E-state index is 13.5. The summed E-state index contributed by atoms with van der Waals surface area (Å²) in [5.41, 5.74) is 1.10. The molecule has 1 aliphatic rings. The van der Waals surface area contributed by atoms with Crippen LogP contribution in [0.5, 0.6) is 11.5 Å². The van der Waals surface area contributed by atoms with Crippen LogP contribution in [0, 0.1) is 11.7 Å². The Kier molecular flexibility index (Phi) is 10.6. The van der Waals surface area contributed by atoms with Crippen molar-refractivity contribution in [2.75, 3.05) is 36.9 Å². The first-order valence-electron chi connectivity index (χ1n) is 13.2. The molecule has 11 heteroatoms. The quantitative estimate of drug-likeness (QED) is 0.398. The fourth-order valence-corrected chi connectivity index (χ4v) is 5.28. The molecular formula is C28H38FN3O6S. The zero-order valence-corrected chi connectivity index (χ0v) is 23.8. The second kappa shape index (κ2) is 13.6. The molecule has 0 spiro atoms. The van der Waals surface area contributed by atoms with Crippen molar-refractivity contribution in [2.24, 2.45) is 5.92 Å². The molecule has 2 amide bonds. The van der Waals surface area contributed by atoms with Crippen LogP contribution in [0.25, 0.3) is 0 Å². The van der Waals surface area contributed by atoms with Crippen LogP contribution < -0.4 is 19.1 Å². The molecule has 0 fully saturated rings. The van der Waals surface area contributed by atoms with Gasteiger partial charge in [-0.05, 0) is 48.6 Å². The first kappa shape index (κ1) is 30.2. The van der Waals surface area contributed by atoms with E-state index in [0.29, 0.717) is 48.9 Å². The number of hydrogen-bond acceptors (Lipinski definition) is 6. The number of carbonyl (C=O) groups excluding carboxylic acids is 2. The molecule has 0 unspecified atom stereocenters. The van der Waals surface area contributed by atoms with Gasteiger partial charge in [0.15, 0.2) is 11.5 Å². The van der Waals surface area contributed by atoms with E-state index in [1.54, 1.807) is 30.3 Å². The van der Waals surface area contributed by atoms with Gasteiger partial charge in [-0.3, -0.25) is 13.9 Å². The number of nitrogens with zero attached hydrogens (tertiary/aromatic N) is 2. The van der Waals surface area contributed by atoms with E-state index in [-0.39, 0.29) is 43.7 Å². The average molecular weight is 564 g/mol. The lowest BCUT2D eigenvalue weighted by atomic mass is 10.1. The minimum atomic E-state index is -3.65.